The lowest BCUT2D eigenvalue weighted by Crippen LogP contribution is -2.40. The van der Waals surface area contributed by atoms with Crippen LogP contribution in [0.15, 0.2) is 27.6 Å². The molecule has 0 N–H and O–H groups in total. The van der Waals surface area contributed by atoms with Crippen molar-refractivity contribution in [1.82, 2.24) is 9.21 Å². The summed E-state index contributed by atoms with van der Waals surface area (Å²) in [4.78, 5) is 13.5. The van der Waals surface area contributed by atoms with Gasteiger partial charge in [0.1, 0.15) is 0 Å². The van der Waals surface area contributed by atoms with Crippen molar-refractivity contribution in [2.75, 3.05) is 27.2 Å². The Morgan fingerprint density at radius 2 is 1.90 bits per heavy atom. The molecule has 0 aromatic heterocycles. The molecule has 0 aliphatic carbocycles. The Morgan fingerprint density at radius 3 is 2.43 bits per heavy atom. The number of hydrogen-bond acceptors (Lipinski definition) is 3. The van der Waals surface area contributed by atoms with Crippen LogP contribution in [0.3, 0.4) is 0 Å². The molecule has 0 spiro atoms. The number of hydrogen-bond donors (Lipinski definition) is 0. The summed E-state index contributed by atoms with van der Waals surface area (Å²) in [6.07, 6.45) is 0.646. The Labute approximate surface area is 135 Å². The normalized spacial score (nSPS) is 11.7. The highest BCUT2D eigenvalue weighted by Gasteiger charge is 2.28. The van der Waals surface area contributed by atoms with Gasteiger partial charge in [-0.05, 0) is 31.0 Å². The molecule has 0 heterocycles. The summed E-state index contributed by atoms with van der Waals surface area (Å²) >= 11 is 3.29. The summed E-state index contributed by atoms with van der Waals surface area (Å²) in [6, 6.07) is 5.12. The van der Waals surface area contributed by atoms with Crippen molar-refractivity contribution < 1.29 is 13.2 Å². The number of likely N-dealkylation sites (N-methyl/N-ethyl adjacent to an activating group) is 1. The molecular formula is C14H21BrN2O3S. The first kappa shape index (κ1) is 18.1. The first-order chi connectivity index (χ1) is 9.70. The van der Waals surface area contributed by atoms with Crippen LogP contribution in [0.2, 0.25) is 0 Å². The standard InChI is InChI=1S/C14H21BrN2O3S/c1-5-8-17(10-14(18)16(3)4)21(19,20)13-9-12(15)7-6-11(13)2/h6-7,9H,5,8,10H2,1-4H3. The first-order valence-corrected chi connectivity index (χ1v) is 8.90. The van der Waals surface area contributed by atoms with E-state index in [9.17, 15) is 13.2 Å². The van der Waals surface area contributed by atoms with E-state index in [1.54, 1.807) is 39.2 Å². The average Bonchev–Trinajstić information content (AvgIpc) is 2.40. The predicted octanol–water partition coefficient (Wildman–Crippen LogP) is 2.25. The van der Waals surface area contributed by atoms with Gasteiger partial charge in [-0.25, -0.2) is 8.42 Å². The molecule has 1 amide bonds. The number of halogens is 1. The van der Waals surface area contributed by atoms with Gasteiger partial charge in [-0.15, -0.1) is 0 Å². The third-order valence-electron chi connectivity index (χ3n) is 3.05. The molecule has 0 aliphatic heterocycles. The van der Waals surface area contributed by atoms with Crippen LogP contribution in [0.4, 0.5) is 0 Å². The van der Waals surface area contributed by atoms with Gasteiger partial charge in [-0.2, -0.15) is 4.31 Å². The lowest BCUT2D eigenvalue weighted by atomic mass is 10.2. The van der Waals surface area contributed by atoms with E-state index in [2.05, 4.69) is 15.9 Å². The van der Waals surface area contributed by atoms with Crippen molar-refractivity contribution >= 4 is 31.9 Å². The van der Waals surface area contributed by atoms with Crippen LogP contribution in [0.1, 0.15) is 18.9 Å². The van der Waals surface area contributed by atoms with Crippen molar-refractivity contribution in [3.8, 4) is 0 Å². The minimum Gasteiger partial charge on any atom is -0.348 e. The Hall–Kier alpha value is -0.920. The van der Waals surface area contributed by atoms with Crippen LogP contribution < -0.4 is 0 Å². The largest absolute Gasteiger partial charge is 0.348 e. The molecule has 0 fully saturated rings. The van der Waals surface area contributed by atoms with Crippen LogP contribution in [0.25, 0.3) is 0 Å². The third kappa shape index (κ3) is 4.52. The molecule has 118 valence electrons. The van der Waals surface area contributed by atoms with Gasteiger partial charge in [0.15, 0.2) is 0 Å². The molecule has 0 saturated carbocycles. The zero-order valence-corrected chi connectivity index (χ0v) is 15.2. The van der Waals surface area contributed by atoms with E-state index in [4.69, 9.17) is 0 Å². The van der Waals surface area contributed by atoms with Crippen LogP contribution in [0.5, 0.6) is 0 Å². The van der Waals surface area contributed by atoms with Crippen LogP contribution >= 0.6 is 15.9 Å². The van der Waals surface area contributed by atoms with E-state index in [-0.39, 0.29) is 17.3 Å². The number of carbonyl (C=O) groups is 1. The zero-order chi connectivity index (χ0) is 16.2. The summed E-state index contributed by atoms with van der Waals surface area (Å²) in [5, 5.41) is 0. The van der Waals surface area contributed by atoms with Crippen molar-refractivity contribution in [2.24, 2.45) is 0 Å². The van der Waals surface area contributed by atoms with Gasteiger partial charge < -0.3 is 4.90 Å². The Bertz CT molecular complexity index is 615. The molecule has 0 bridgehead atoms. The molecule has 1 aromatic rings. The molecule has 7 heteroatoms. The monoisotopic (exact) mass is 376 g/mol. The predicted molar refractivity (Wildman–Crippen MR) is 86.6 cm³/mol. The second-order valence-corrected chi connectivity index (χ2v) is 7.86. The minimum absolute atomic E-state index is 0.144. The Morgan fingerprint density at radius 1 is 1.29 bits per heavy atom. The summed E-state index contributed by atoms with van der Waals surface area (Å²) in [6.45, 7) is 3.80. The third-order valence-corrected chi connectivity index (χ3v) is 5.53. The van der Waals surface area contributed by atoms with Crippen LogP contribution in [-0.2, 0) is 14.8 Å². The molecular weight excluding hydrogens is 356 g/mol. The average molecular weight is 377 g/mol. The topological polar surface area (TPSA) is 57.7 Å². The quantitative estimate of drug-likeness (QED) is 0.764. The maximum absolute atomic E-state index is 12.8. The molecule has 0 saturated heterocycles. The Kier molecular flexibility index (Phi) is 6.37. The van der Waals surface area contributed by atoms with Crippen molar-refractivity contribution in [2.45, 2.75) is 25.2 Å². The van der Waals surface area contributed by atoms with E-state index in [0.717, 1.165) is 0 Å². The number of rotatable bonds is 6. The SMILES string of the molecule is CCCN(CC(=O)N(C)C)S(=O)(=O)c1cc(Br)ccc1C. The fraction of sp³-hybridized carbons (Fsp3) is 0.500. The summed E-state index contributed by atoms with van der Waals surface area (Å²) in [5.41, 5.74) is 0.664. The van der Waals surface area contributed by atoms with Gasteiger partial charge in [0.2, 0.25) is 15.9 Å². The van der Waals surface area contributed by atoms with Crippen LogP contribution in [-0.4, -0.2) is 50.7 Å². The molecule has 1 rings (SSSR count). The number of amides is 1. The number of benzene rings is 1. The van der Waals surface area contributed by atoms with Gasteiger partial charge >= 0.3 is 0 Å². The smallest absolute Gasteiger partial charge is 0.243 e. The molecule has 0 aliphatic rings. The molecule has 5 nitrogen and oxygen atoms in total. The van der Waals surface area contributed by atoms with Crippen molar-refractivity contribution in [3.05, 3.63) is 28.2 Å². The number of nitrogens with zero attached hydrogens (tertiary/aromatic N) is 2. The second-order valence-electron chi connectivity index (χ2n) is 5.04. The molecule has 1 aromatic carbocycles. The van der Waals surface area contributed by atoms with E-state index in [1.807, 2.05) is 6.92 Å². The van der Waals surface area contributed by atoms with Gasteiger partial charge in [0, 0.05) is 25.1 Å². The second kappa shape index (κ2) is 7.38. The number of aryl methyl sites for hydroxylation is 1. The molecule has 0 unspecified atom stereocenters. The lowest BCUT2D eigenvalue weighted by Gasteiger charge is -2.23. The maximum Gasteiger partial charge on any atom is 0.243 e. The Balaban J connectivity index is 3.21. The lowest BCUT2D eigenvalue weighted by molar-refractivity contribution is -0.128. The number of carbonyl (C=O) groups excluding carboxylic acids is 1. The van der Waals surface area contributed by atoms with Crippen molar-refractivity contribution in [3.63, 3.8) is 0 Å². The first-order valence-electron chi connectivity index (χ1n) is 6.66. The number of sulfonamides is 1. The van der Waals surface area contributed by atoms with Gasteiger partial charge in [0.25, 0.3) is 0 Å². The van der Waals surface area contributed by atoms with E-state index in [0.29, 0.717) is 23.0 Å². The fourth-order valence-electron chi connectivity index (χ4n) is 1.82. The van der Waals surface area contributed by atoms with Crippen molar-refractivity contribution in [1.29, 1.82) is 0 Å². The highest BCUT2D eigenvalue weighted by molar-refractivity contribution is 9.10. The van der Waals surface area contributed by atoms with Gasteiger partial charge in [0.05, 0.1) is 11.4 Å². The highest BCUT2D eigenvalue weighted by Crippen LogP contribution is 2.24. The van der Waals surface area contributed by atoms with E-state index >= 15 is 0 Å². The zero-order valence-electron chi connectivity index (χ0n) is 12.8. The van der Waals surface area contributed by atoms with E-state index in [1.165, 1.54) is 9.21 Å². The van der Waals surface area contributed by atoms with Gasteiger partial charge in [-0.3, -0.25) is 4.79 Å². The van der Waals surface area contributed by atoms with Crippen LogP contribution in [0, 0.1) is 6.92 Å². The minimum atomic E-state index is -3.69. The molecule has 0 atom stereocenters. The fourth-order valence-corrected chi connectivity index (χ4v) is 4.06. The maximum atomic E-state index is 12.8. The highest BCUT2D eigenvalue weighted by atomic mass is 79.9. The summed E-state index contributed by atoms with van der Waals surface area (Å²) < 4.78 is 27.5. The summed E-state index contributed by atoms with van der Waals surface area (Å²) in [5.74, 6) is -0.236. The summed E-state index contributed by atoms with van der Waals surface area (Å²) in [7, 11) is -0.460. The molecule has 0 radical (unpaired) electrons. The molecule has 21 heavy (non-hydrogen) atoms. The van der Waals surface area contributed by atoms with E-state index < -0.39 is 10.0 Å². The van der Waals surface area contributed by atoms with Gasteiger partial charge in [-0.1, -0.05) is 28.9 Å².